The molecule has 0 radical (unpaired) electrons. The zero-order valence-electron chi connectivity index (χ0n) is 18.8. The first-order valence-corrected chi connectivity index (χ1v) is 10.9. The van der Waals surface area contributed by atoms with Gasteiger partial charge in [-0.3, -0.25) is 24.1 Å². The molecule has 2 N–H and O–H groups in total. The summed E-state index contributed by atoms with van der Waals surface area (Å²) in [6.45, 7) is 8.85. The number of carbonyl (C=O) groups is 4. The summed E-state index contributed by atoms with van der Waals surface area (Å²) in [5.74, 6) is 2.06. The minimum Gasteiger partial charge on any atom is -0.350 e. The van der Waals surface area contributed by atoms with Gasteiger partial charge in [-0.25, -0.2) is 0 Å². The van der Waals surface area contributed by atoms with Gasteiger partial charge in [-0.1, -0.05) is 26.7 Å². The lowest BCUT2D eigenvalue weighted by molar-refractivity contribution is -0.141. The lowest BCUT2D eigenvalue weighted by Gasteiger charge is -2.40. The minimum atomic E-state index is -0.765. The topological polar surface area (TPSA) is 102 Å². The molecule has 1 spiro atoms. The predicted octanol–water partition coefficient (Wildman–Crippen LogP) is -0.480. The van der Waals surface area contributed by atoms with E-state index in [9.17, 15) is 19.2 Å². The van der Waals surface area contributed by atoms with Crippen LogP contribution in [0.1, 0.15) is 47.0 Å². The number of hydrogen-bond donors (Lipinski definition) is 2. The molecule has 2 unspecified atom stereocenters. The van der Waals surface area contributed by atoms with Crippen molar-refractivity contribution < 1.29 is 19.2 Å². The van der Waals surface area contributed by atoms with Gasteiger partial charge >= 0.3 is 0 Å². The number of carbonyl (C=O) groups excluding carboxylic acids is 4. The molecule has 0 bridgehead atoms. The number of hydrogen-bond acceptors (Lipinski definition) is 5. The van der Waals surface area contributed by atoms with Crippen molar-refractivity contribution in [3.05, 3.63) is 0 Å². The molecule has 9 nitrogen and oxygen atoms in total. The first-order chi connectivity index (χ1) is 14.6. The summed E-state index contributed by atoms with van der Waals surface area (Å²) >= 11 is 0. The highest BCUT2D eigenvalue weighted by atomic mass is 16.2. The number of fused-ring (bicyclic) bond motifs is 2. The van der Waals surface area contributed by atoms with Crippen molar-refractivity contribution in [2.75, 3.05) is 26.2 Å². The summed E-state index contributed by atoms with van der Waals surface area (Å²) < 4.78 is 0. The van der Waals surface area contributed by atoms with Crippen molar-refractivity contribution in [1.29, 1.82) is 0 Å². The van der Waals surface area contributed by atoms with Gasteiger partial charge in [-0.2, -0.15) is 0 Å². The van der Waals surface area contributed by atoms with E-state index in [0.717, 1.165) is 19.4 Å². The lowest BCUT2D eigenvalue weighted by atomic mass is 9.85. The van der Waals surface area contributed by atoms with Crippen LogP contribution in [0, 0.1) is 17.8 Å². The van der Waals surface area contributed by atoms with E-state index in [2.05, 4.69) is 21.5 Å². The highest BCUT2D eigenvalue weighted by molar-refractivity contribution is 5.90. The van der Waals surface area contributed by atoms with Crippen LogP contribution in [0.2, 0.25) is 0 Å². The minimum absolute atomic E-state index is 0.0533. The molecule has 4 amide bonds. The maximum Gasteiger partial charge on any atom is 0.246 e. The molecule has 0 aromatic heterocycles. The van der Waals surface area contributed by atoms with Crippen molar-refractivity contribution in [2.24, 2.45) is 5.41 Å². The average molecular weight is 432 g/mol. The first-order valence-electron chi connectivity index (χ1n) is 10.9. The Hall–Kier alpha value is -2.60. The molecule has 3 aliphatic heterocycles. The van der Waals surface area contributed by atoms with E-state index in [1.807, 2.05) is 27.7 Å². The Labute approximate surface area is 183 Å². The molecule has 0 aromatic carbocycles. The van der Waals surface area contributed by atoms with Crippen LogP contribution in [0.15, 0.2) is 0 Å². The third kappa shape index (κ3) is 4.01. The molecule has 170 valence electrons. The third-order valence-electron chi connectivity index (χ3n) is 6.72. The number of amides is 4. The molecule has 3 aliphatic rings. The van der Waals surface area contributed by atoms with E-state index in [1.54, 1.807) is 9.80 Å². The fraction of sp³-hybridized carbons (Fsp3) is 0.727. The molecule has 3 heterocycles. The fourth-order valence-electron chi connectivity index (χ4n) is 5.31. The van der Waals surface area contributed by atoms with E-state index in [-0.39, 0.29) is 37.0 Å². The molecule has 3 rings (SSSR count). The van der Waals surface area contributed by atoms with Crippen LogP contribution in [-0.2, 0) is 19.2 Å². The van der Waals surface area contributed by atoms with Gasteiger partial charge in [0.2, 0.25) is 24.1 Å². The molecule has 4 atom stereocenters. The van der Waals surface area contributed by atoms with E-state index in [4.69, 9.17) is 6.42 Å². The Balaban J connectivity index is 1.86. The monoisotopic (exact) mass is 431 g/mol. The number of rotatable bonds is 6. The van der Waals surface area contributed by atoms with Crippen LogP contribution in [0.3, 0.4) is 0 Å². The Morgan fingerprint density at radius 2 is 2.10 bits per heavy atom. The second-order valence-corrected chi connectivity index (χ2v) is 9.85. The SMILES string of the molecule is C#CCN1C(=O)[C@@H]2CCCN2C12C[C@@H](C)N(C(=O)C(NC(=O)CNC=O)C(C)(C)C)C2. The van der Waals surface area contributed by atoms with Crippen molar-refractivity contribution >= 4 is 24.1 Å². The highest BCUT2D eigenvalue weighted by Crippen LogP contribution is 2.45. The smallest absolute Gasteiger partial charge is 0.246 e. The van der Waals surface area contributed by atoms with Crippen molar-refractivity contribution in [3.63, 3.8) is 0 Å². The summed E-state index contributed by atoms with van der Waals surface area (Å²) in [6, 6.07) is -1.04. The highest BCUT2D eigenvalue weighted by Gasteiger charge is 2.62. The molecule has 3 saturated heterocycles. The Bertz CT molecular complexity index is 801. The number of nitrogens with one attached hydrogen (secondary N) is 2. The van der Waals surface area contributed by atoms with Crippen molar-refractivity contribution in [3.8, 4) is 12.3 Å². The van der Waals surface area contributed by atoms with Gasteiger partial charge in [0.15, 0.2) is 0 Å². The normalized spacial score (nSPS) is 29.1. The Morgan fingerprint density at radius 3 is 2.71 bits per heavy atom. The first kappa shape index (κ1) is 23.1. The molecule has 0 aliphatic carbocycles. The van der Waals surface area contributed by atoms with Crippen LogP contribution in [0.25, 0.3) is 0 Å². The standard InChI is InChI=1S/C22H33N5O4/c1-6-9-27-19(30)16-8-7-10-26(16)22(27)11-15(2)25(13-22)20(31)18(21(3,4)5)24-17(29)12-23-14-28/h1,14-16,18H,7-13H2,2-5H3,(H,23,28)(H,24,29)/t15-,16+,18?,22?/m1/s1. The quantitative estimate of drug-likeness (QED) is 0.437. The summed E-state index contributed by atoms with van der Waals surface area (Å²) in [5, 5.41) is 5.11. The second kappa shape index (κ2) is 8.50. The second-order valence-electron chi connectivity index (χ2n) is 9.85. The summed E-state index contributed by atoms with van der Waals surface area (Å²) in [4.78, 5) is 55.2. The largest absolute Gasteiger partial charge is 0.350 e. The van der Waals surface area contributed by atoms with Crippen LogP contribution in [0.4, 0.5) is 0 Å². The van der Waals surface area contributed by atoms with Crippen LogP contribution >= 0.6 is 0 Å². The van der Waals surface area contributed by atoms with E-state index in [0.29, 0.717) is 19.4 Å². The molecule has 9 heteroatoms. The molecule has 0 saturated carbocycles. The van der Waals surface area contributed by atoms with Crippen molar-refractivity contribution in [2.45, 2.75) is 70.7 Å². The van der Waals surface area contributed by atoms with Crippen LogP contribution in [0.5, 0.6) is 0 Å². The molecule has 3 fully saturated rings. The van der Waals surface area contributed by atoms with E-state index in [1.165, 1.54) is 0 Å². The van der Waals surface area contributed by atoms with Crippen molar-refractivity contribution in [1.82, 2.24) is 25.3 Å². The summed E-state index contributed by atoms with van der Waals surface area (Å²) in [5.41, 5.74) is -1.13. The van der Waals surface area contributed by atoms with Gasteiger partial charge < -0.3 is 20.4 Å². The van der Waals surface area contributed by atoms with Crippen LogP contribution in [-0.4, -0.2) is 88.8 Å². The van der Waals surface area contributed by atoms with Gasteiger partial charge in [-0.05, 0) is 25.2 Å². The lowest BCUT2D eigenvalue weighted by Crippen LogP contribution is -2.59. The zero-order valence-corrected chi connectivity index (χ0v) is 18.8. The third-order valence-corrected chi connectivity index (χ3v) is 6.72. The van der Waals surface area contributed by atoms with Gasteiger partial charge in [0.05, 0.1) is 25.7 Å². The average Bonchev–Trinajstić information content (AvgIpc) is 3.36. The zero-order chi connectivity index (χ0) is 23.0. The maximum absolute atomic E-state index is 13.6. The Kier molecular flexibility index (Phi) is 6.33. The van der Waals surface area contributed by atoms with Gasteiger partial charge in [0, 0.05) is 19.0 Å². The summed E-state index contributed by atoms with van der Waals surface area (Å²) in [6.07, 6.45) is 8.42. The number of likely N-dealkylation sites (tertiary alicyclic amines) is 1. The molecule has 31 heavy (non-hydrogen) atoms. The van der Waals surface area contributed by atoms with Crippen LogP contribution < -0.4 is 10.6 Å². The van der Waals surface area contributed by atoms with E-state index < -0.39 is 23.0 Å². The molecular weight excluding hydrogens is 398 g/mol. The Morgan fingerprint density at radius 1 is 1.39 bits per heavy atom. The number of nitrogens with zero attached hydrogens (tertiary/aromatic N) is 3. The summed E-state index contributed by atoms with van der Waals surface area (Å²) in [7, 11) is 0. The van der Waals surface area contributed by atoms with E-state index >= 15 is 0 Å². The van der Waals surface area contributed by atoms with Gasteiger partial charge in [0.25, 0.3) is 0 Å². The van der Waals surface area contributed by atoms with Gasteiger partial charge in [0.1, 0.15) is 11.7 Å². The molecule has 0 aromatic rings. The number of terminal acetylenes is 1. The maximum atomic E-state index is 13.6. The molecular formula is C22H33N5O4. The van der Waals surface area contributed by atoms with Gasteiger partial charge in [-0.15, -0.1) is 6.42 Å². The fourth-order valence-corrected chi connectivity index (χ4v) is 5.31. The predicted molar refractivity (Wildman–Crippen MR) is 114 cm³/mol.